The lowest BCUT2D eigenvalue weighted by molar-refractivity contribution is 0.0695. The van der Waals surface area contributed by atoms with Crippen molar-refractivity contribution >= 4 is 5.97 Å². The maximum atomic E-state index is 11.2. The first-order chi connectivity index (χ1) is 9.20. The van der Waals surface area contributed by atoms with Crippen LogP contribution in [0.1, 0.15) is 47.3 Å². The maximum Gasteiger partial charge on any atom is 0.339 e. The standard InChI is InChI=1S/C15H16N2O2/c1-2-10-3-7-12(8-4-10)17-14(11-5-6-11)13(9-16-17)15(18)19/h3-4,7-9,11H,2,5-6H2,1H3,(H,18,19). The number of benzene rings is 1. The van der Waals surface area contributed by atoms with Crippen LogP contribution in [0, 0.1) is 0 Å². The van der Waals surface area contributed by atoms with Gasteiger partial charge >= 0.3 is 5.97 Å². The Hall–Kier alpha value is -2.10. The molecule has 98 valence electrons. The van der Waals surface area contributed by atoms with Crippen molar-refractivity contribution in [1.29, 1.82) is 0 Å². The van der Waals surface area contributed by atoms with Crippen molar-refractivity contribution in [3.05, 3.63) is 47.3 Å². The minimum Gasteiger partial charge on any atom is -0.478 e. The van der Waals surface area contributed by atoms with Gasteiger partial charge in [-0.1, -0.05) is 19.1 Å². The van der Waals surface area contributed by atoms with Gasteiger partial charge in [0.05, 0.1) is 17.6 Å². The van der Waals surface area contributed by atoms with Gasteiger partial charge in [-0.15, -0.1) is 0 Å². The van der Waals surface area contributed by atoms with Crippen molar-refractivity contribution in [2.24, 2.45) is 0 Å². The largest absolute Gasteiger partial charge is 0.478 e. The number of carboxylic acids is 1. The van der Waals surface area contributed by atoms with Crippen LogP contribution in [-0.4, -0.2) is 20.9 Å². The lowest BCUT2D eigenvalue weighted by Crippen LogP contribution is -2.05. The van der Waals surface area contributed by atoms with Gasteiger partial charge in [0.2, 0.25) is 0 Å². The van der Waals surface area contributed by atoms with Crippen molar-refractivity contribution < 1.29 is 9.90 Å². The number of hydrogen-bond donors (Lipinski definition) is 1. The number of aryl methyl sites for hydroxylation is 1. The number of carbonyl (C=O) groups is 1. The maximum absolute atomic E-state index is 11.2. The van der Waals surface area contributed by atoms with Gasteiger partial charge in [-0.25, -0.2) is 9.48 Å². The molecule has 1 aliphatic rings. The topological polar surface area (TPSA) is 55.1 Å². The summed E-state index contributed by atoms with van der Waals surface area (Å²) in [4.78, 5) is 11.2. The molecule has 0 atom stereocenters. The van der Waals surface area contributed by atoms with E-state index in [-0.39, 0.29) is 0 Å². The third-order valence-electron chi connectivity index (χ3n) is 3.59. The second-order valence-corrected chi connectivity index (χ2v) is 4.95. The molecule has 1 saturated carbocycles. The molecule has 1 N–H and O–H groups in total. The molecule has 0 saturated heterocycles. The minimum atomic E-state index is -0.890. The zero-order valence-electron chi connectivity index (χ0n) is 10.8. The van der Waals surface area contributed by atoms with E-state index in [1.165, 1.54) is 11.8 Å². The van der Waals surface area contributed by atoms with E-state index in [2.05, 4.69) is 24.2 Å². The van der Waals surface area contributed by atoms with Gasteiger partial charge in [-0.3, -0.25) is 0 Å². The number of aromatic nitrogens is 2. The van der Waals surface area contributed by atoms with Gasteiger partial charge in [0.1, 0.15) is 5.56 Å². The zero-order chi connectivity index (χ0) is 13.4. The van der Waals surface area contributed by atoms with Crippen LogP contribution < -0.4 is 0 Å². The summed E-state index contributed by atoms with van der Waals surface area (Å²) in [6.07, 6.45) is 4.57. The van der Waals surface area contributed by atoms with Crippen LogP contribution in [0.4, 0.5) is 0 Å². The fourth-order valence-electron chi connectivity index (χ4n) is 2.35. The molecule has 1 aromatic heterocycles. The summed E-state index contributed by atoms with van der Waals surface area (Å²) in [5, 5.41) is 13.5. The van der Waals surface area contributed by atoms with Crippen LogP contribution in [0.15, 0.2) is 30.5 Å². The number of hydrogen-bond acceptors (Lipinski definition) is 2. The first-order valence-electron chi connectivity index (χ1n) is 6.61. The van der Waals surface area contributed by atoms with Gasteiger partial charge in [-0.2, -0.15) is 5.10 Å². The SMILES string of the molecule is CCc1ccc(-n2ncc(C(=O)O)c2C2CC2)cc1. The van der Waals surface area contributed by atoms with Crippen molar-refractivity contribution in [2.45, 2.75) is 32.1 Å². The molecule has 1 fully saturated rings. The van der Waals surface area contributed by atoms with Gasteiger partial charge in [0.15, 0.2) is 0 Å². The average Bonchev–Trinajstić information content (AvgIpc) is 3.17. The van der Waals surface area contributed by atoms with E-state index in [0.717, 1.165) is 30.6 Å². The lowest BCUT2D eigenvalue weighted by atomic mass is 10.1. The Balaban J connectivity index is 2.06. The van der Waals surface area contributed by atoms with Gasteiger partial charge in [-0.05, 0) is 37.0 Å². The average molecular weight is 256 g/mol. The van der Waals surface area contributed by atoms with Gasteiger partial charge in [0.25, 0.3) is 0 Å². The van der Waals surface area contributed by atoms with Crippen LogP contribution >= 0.6 is 0 Å². The highest BCUT2D eigenvalue weighted by Gasteiger charge is 2.32. The fraction of sp³-hybridized carbons (Fsp3) is 0.333. The van der Waals surface area contributed by atoms with Crippen LogP contribution in [0.3, 0.4) is 0 Å². The molecule has 4 nitrogen and oxygen atoms in total. The van der Waals surface area contributed by atoms with Crippen molar-refractivity contribution in [2.75, 3.05) is 0 Å². The number of rotatable bonds is 4. The summed E-state index contributed by atoms with van der Waals surface area (Å²) in [7, 11) is 0. The molecule has 4 heteroatoms. The molecule has 19 heavy (non-hydrogen) atoms. The molecule has 0 amide bonds. The Labute approximate surface area is 111 Å². The first-order valence-corrected chi connectivity index (χ1v) is 6.61. The second-order valence-electron chi connectivity index (χ2n) is 4.95. The molecule has 1 aliphatic carbocycles. The molecule has 3 rings (SSSR count). The molecule has 0 radical (unpaired) electrons. The summed E-state index contributed by atoms with van der Waals surface area (Å²) in [5.74, 6) is -0.544. The predicted molar refractivity (Wildman–Crippen MR) is 71.9 cm³/mol. The Morgan fingerprint density at radius 3 is 2.58 bits per heavy atom. The molecule has 0 aliphatic heterocycles. The highest BCUT2D eigenvalue weighted by atomic mass is 16.4. The molecule has 0 unspecified atom stereocenters. The summed E-state index contributed by atoms with van der Waals surface area (Å²) >= 11 is 0. The van der Waals surface area contributed by atoms with Crippen molar-refractivity contribution in [3.8, 4) is 5.69 Å². The highest BCUT2D eigenvalue weighted by molar-refractivity contribution is 5.89. The van der Waals surface area contributed by atoms with Crippen molar-refractivity contribution in [3.63, 3.8) is 0 Å². The van der Waals surface area contributed by atoms with E-state index in [1.807, 2.05) is 12.1 Å². The van der Waals surface area contributed by atoms with E-state index in [9.17, 15) is 9.90 Å². The van der Waals surface area contributed by atoms with Crippen LogP contribution in [0.5, 0.6) is 0 Å². The number of nitrogens with zero attached hydrogens (tertiary/aromatic N) is 2. The molecule has 1 heterocycles. The quantitative estimate of drug-likeness (QED) is 0.914. The smallest absolute Gasteiger partial charge is 0.339 e. The van der Waals surface area contributed by atoms with Crippen LogP contribution in [0.2, 0.25) is 0 Å². The van der Waals surface area contributed by atoms with E-state index in [0.29, 0.717) is 11.5 Å². The third kappa shape index (κ3) is 2.14. The monoisotopic (exact) mass is 256 g/mol. The van der Waals surface area contributed by atoms with Gasteiger partial charge in [0, 0.05) is 5.92 Å². The molecule has 0 bridgehead atoms. The van der Waals surface area contributed by atoms with Crippen LogP contribution in [-0.2, 0) is 6.42 Å². The normalized spacial score (nSPS) is 14.6. The predicted octanol–water partition coefficient (Wildman–Crippen LogP) is 3.01. The summed E-state index contributed by atoms with van der Waals surface area (Å²) in [6, 6.07) is 8.13. The Morgan fingerprint density at radius 1 is 1.37 bits per heavy atom. The third-order valence-corrected chi connectivity index (χ3v) is 3.59. The molecule has 2 aromatic rings. The lowest BCUT2D eigenvalue weighted by Gasteiger charge is -2.08. The summed E-state index contributed by atoms with van der Waals surface area (Å²) < 4.78 is 1.78. The minimum absolute atomic E-state index is 0.335. The van der Waals surface area contributed by atoms with E-state index in [1.54, 1.807) is 4.68 Å². The van der Waals surface area contributed by atoms with E-state index in [4.69, 9.17) is 0 Å². The van der Waals surface area contributed by atoms with Crippen molar-refractivity contribution in [1.82, 2.24) is 9.78 Å². The number of aromatic carboxylic acids is 1. The summed E-state index contributed by atoms with van der Waals surface area (Å²) in [6.45, 7) is 2.11. The highest BCUT2D eigenvalue weighted by Crippen LogP contribution is 2.42. The molecule has 0 spiro atoms. The fourth-order valence-corrected chi connectivity index (χ4v) is 2.35. The first kappa shape index (κ1) is 12.0. The molecular weight excluding hydrogens is 240 g/mol. The Morgan fingerprint density at radius 2 is 2.05 bits per heavy atom. The van der Waals surface area contributed by atoms with Gasteiger partial charge < -0.3 is 5.11 Å². The number of carboxylic acid groups (broad SMARTS) is 1. The Bertz CT molecular complexity index is 610. The zero-order valence-corrected chi connectivity index (χ0v) is 10.8. The molecule has 1 aromatic carbocycles. The second kappa shape index (κ2) is 4.53. The Kier molecular flexibility index (Phi) is 2.85. The van der Waals surface area contributed by atoms with Crippen LogP contribution in [0.25, 0.3) is 5.69 Å². The summed E-state index contributed by atoms with van der Waals surface area (Å²) in [5.41, 5.74) is 3.38. The van der Waals surface area contributed by atoms with E-state index >= 15 is 0 Å². The van der Waals surface area contributed by atoms with E-state index < -0.39 is 5.97 Å². The molecular formula is C15H16N2O2.